The van der Waals surface area contributed by atoms with Gasteiger partial charge in [-0.15, -0.1) is 11.8 Å². The number of rotatable bonds is 6. The van der Waals surface area contributed by atoms with Gasteiger partial charge in [0.1, 0.15) is 0 Å². The summed E-state index contributed by atoms with van der Waals surface area (Å²) in [6, 6.07) is 12.6. The lowest BCUT2D eigenvalue weighted by molar-refractivity contribution is -0.142. The molecular weight excluding hydrogens is 366 g/mol. The third-order valence-electron chi connectivity index (χ3n) is 3.67. The largest absolute Gasteiger partial charge is 0.452 e. The summed E-state index contributed by atoms with van der Waals surface area (Å²) in [5.41, 5.74) is 2.24. The number of amides is 1. The van der Waals surface area contributed by atoms with Crippen molar-refractivity contribution in [1.29, 1.82) is 0 Å². The molecule has 2 aromatic carbocycles. The normalized spacial score (nSPS) is 11.0. The molecular formula is C19H17N3O4S. The van der Waals surface area contributed by atoms with Crippen LogP contribution in [0, 0.1) is 0 Å². The van der Waals surface area contributed by atoms with Crippen LogP contribution in [0.25, 0.3) is 17.1 Å². The topological polar surface area (TPSA) is 104 Å². The van der Waals surface area contributed by atoms with Crippen LogP contribution in [0.5, 0.6) is 0 Å². The highest BCUT2D eigenvalue weighted by atomic mass is 32.2. The van der Waals surface area contributed by atoms with E-state index in [0.29, 0.717) is 16.7 Å². The lowest BCUT2D eigenvalue weighted by Gasteiger charge is -2.05. The minimum absolute atomic E-state index is 0.322. The number of H-pyrrole nitrogens is 2. The van der Waals surface area contributed by atoms with E-state index in [2.05, 4.69) is 15.3 Å². The van der Waals surface area contributed by atoms with Crippen molar-refractivity contribution in [2.24, 2.45) is 0 Å². The van der Waals surface area contributed by atoms with Gasteiger partial charge in [0.2, 0.25) is 0 Å². The van der Waals surface area contributed by atoms with Gasteiger partial charge in [-0.3, -0.25) is 4.79 Å². The average Bonchev–Trinajstić information content (AvgIpc) is 3.04. The van der Waals surface area contributed by atoms with Crippen molar-refractivity contribution in [2.75, 3.05) is 18.2 Å². The first-order chi connectivity index (χ1) is 13.0. The van der Waals surface area contributed by atoms with Gasteiger partial charge in [0, 0.05) is 16.7 Å². The first kappa shape index (κ1) is 18.5. The second-order valence-corrected chi connectivity index (χ2v) is 6.48. The Bertz CT molecular complexity index is 1050. The molecule has 27 heavy (non-hydrogen) atoms. The number of thioether (sulfide) groups is 1. The van der Waals surface area contributed by atoms with E-state index in [-0.39, 0.29) is 5.69 Å². The molecule has 138 valence electrons. The lowest BCUT2D eigenvalue weighted by atomic mass is 10.2. The molecule has 0 saturated carbocycles. The Labute approximate surface area is 158 Å². The molecule has 7 nitrogen and oxygen atoms in total. The minimum atomic E-state index is -0.607. The predicted octanol–water partition coefficient (Wildman–Crippen LogP) is 2.77. The molecule has 1 aromatic heterocycles. The number of carbonyl (C=O) groups excluding carboxylic acids is 2. The van der Waals surface area contributed by atoms with Crippen molar-refractivity contribution < 1.29 is 14.3 Å². The van der Waals surface area contributed by atoms with Gasteiger partial charge in [0.15, 0.2) is 6.61 Å². The van der Waals surface area contributed by atoms with Gasteiger partial charge in [0.25, 0.3) is 5.91 Å². The van der Waals surface area contributed by atoms with E-state index in [1.807, 2.05) is 30.5 Å². The van der Waals surface area contributed by atoms with Crippen molar-refractivity contribution >= 4 is 46.4 Å². The van der Waals surface area contributed by atoms with Crippen molar-refractivity contribution in [3.63, 3.8) is 0 Å². The monoisotopic (exact) mass is 383 g/mol. The van der Waals surface area contributed by atoms with E-state index < -0.39 is 18.5 Å². The van der Waals surface area contributed by atoms with Crippen LogP contribution in [0.15, 0.2) is 58.2 Å². The summed E-state index contributed by atoms with van der Waals surface area (Å²) < 4.78 is 4.93. The van der Waals surface area contributed by atoms with Gasteiger partial charge in [-0.1, -0.05) is 12.1 Å². The highest BCUT2D eigenvalue weighted by Crippen LogP contribution is 2.16. The van der Waals surface area contributed by atoms with Crippen molar-refractivity contribution in [1.82, 2.24) is 9.97 Å². The zero-order valence-corrected chi connectivity index (χ0v) is 15.3. The number of nitrogens with one attached hydrogen (secondary N) is 3. The second-order valence-electron chi connectivity index (χ2n) is 5.60. The Balaban J connectivity index is 1.50. The molecule has 3 N–H and O–H groups in total. The van der Waals surface area contributed by atoms with E-state index in [0.717, 1.165) is 10.5 Å². The minimum Gasteiger partial charge on any atom is -0.452 e. The molecule has 0 spiro atoms. The SMILES string of the molecule is CSc1ccc(/C=C/C(=O)OCC(=O)Nc2ccc3[nH]c(=O)[nH]c3c2)cc1. The van der Waals surface area contributed by atoms with E-state index >= 15 is 0 Å². The molecule has 0 bridgehead atoms. The molecule has 3 rings (SSSR count). The number of fused-ring (bicyclic) bond motifs is 1. The van der Waals surface area contributed by atoms with Crippen LogP contribution in [0.2, 0.25) is 0 Å². The van der Waals surface area contributed by atoms with Gasteiger partial charge in [-0.2, -0.15) is 0 Å². The summed E-state index contributed by atoms with van der Waals surface area (Å²) in [7, 11) is 0. The molecule has 3 aromatic rings. The van der Waals surface area contributed by atoms with E-state index in [1.165, 1.54) is 6.08 Å². The number of imidazole rings is 1. The third-order valence-corrected chi connectivity index (χ3v) is 4.42. The maximum absolute atomic E-state index is 11.9. The predicted molar refractivity (Wildman–Crippen MR) is 106 cm³/mol. The lowest BCUT2D eigenvalue weighted by Crippen LogP contribution is -2.20. The van der Waals surface area contributed by atoms with Crippen LogP contribution in [0.4, 0.5) is 5.69 Å². The fourth-order valence-electron chi connectivity index (χ4n) is 2.37. The zero-order valence-electron chi connectivity index (χ0n) is 14.4. The van der Waals surface area contributed by atoms with Crippen LogP contribution < -0.4 is 11.0 Å². The third kappa shape index (κ3) is 5.11. The molecule has 0 aliphatic rings. The van der Waals surface area contributed by atoms with Gasteiger partial charge < -0.3 is 20.0 Å². The number of esters is 1. The van der Waals surface area contributed by atoms with Crippen LogP contribution in [-0.4, -0.2) is 34.7 Å². The van der Waals surface area contributed by atoms with Gasteiger partial charge in [0.05, 0.1) is 11.0 Å². The Morgan fingerprint density at radius 2 is 1.85 bits per heavy atom. The van der Waals surface area contributed by atoms with Gasteiger partial charge in [-0.05, 0) is 48.2 Å². The number of hydrogen-bond acceptors (Lipinski definition) is 5. The van der Waals surface area contributed by atoms with Crippen LogP contribution in [0.1, 0.15) is 5.56 Å². The average molecular weight is 383 g/mol. The molecule has 8 heteroatoms. The molecule has 0 saturated heterocycles. The quantitative estimate of drug-likeness (QED) is 0.345. The van der Waals surface area contributed by atoms with Crippen molar-refractivity contribution in [3.05, 3.63) is 64.6 Å². The number of ether oxygens (including phenoxy) is 1. The summed E-state index contributed by atoms with van der Waals surface area (Å²) in [5, 5.41) is 2.61. The molecule has 0 unspecified atom stereocenters. The number of benzene rings is 2. The number of carbonyl (C=O) groups is 2. The zero-order chi connectivity index (χ0) is 19.2. The van der Waals surface area contributed by atoms with Gasteiger partial charge >= 0.3 is 11.7 Å². The van der Waals surface area contributed by atoms with Crippen molar-refractivity contribution in [2.45, 2.75) is 4.90 Å². The summed E-state index contributed by atoms with van der Waals surface area (Å²) in [4.78, 5) is 41.2. The second kappa shape index (κ2) is 8.41. The Hall–Kier alpha value is -3.26. The van der Waals surface area contributed by atoms with Gasteiger partial charge in [-0.25, -0.2) is 9.59 Å². The highest BCUT2D eigenvalue weighted by Gasteiger charge is 2.07. The first-order valence-electron chi connectivity index (χ1n) is 8.04. The number of hydrogen-bond donors (Lipinski definition) is 3. The Morgan fingerprint density at radius 3 is 2.59 bits per heavy atom. The molecule has 0 aliphatic heterocycles. The first-order valence-corrected chi connectivity index (χ1v) is 9.27. The molecule has 0 atom stereocenters. The molecule has 0 aliphatic carbocycles. The summed E-state index contributed by atoms with van der Waals surface area (Å²) in [5.74, 6) is -1.08. The summed E-state index contributed by atoms with van der Waals surface area (Å²) >= 11 is 1.64. The maximum atomic E-state index is 11.9. The standard InChI is InChI=1S/C19H17N3O4S/c1-27-14-6-2-12(3-7-14)4-9-18(24)26-11-17(23)20-13-5-8-15-16(10-13)22-19(25)21-15/h2-10H,11H2,1H3,(H,20,23)(H2,21,22,25)/b9-4+. The van der Waals surface area contributed by atoms with E-state index in [9.17, 15) is 14.4 Å². The maximum Gasteiger partial charge on any atom is 0.331 e. The van der Waals surface area contributed by atoms with Crippen LogP contribution >= 0.6 is 11.8 Å². The summed E-state index contributed by atoms with van der Waals surface area (Å²) in [6.45, 7) is -0.406. The number of aromatic amines is 2. The van der Waals surface area contributed by atoms with E-state index in [4.69, 9.17) is 4.74 Å². The van der Waals surface area contributed by atoms with Crippen molar-refractivity contribution in [3.8, 4) is 0 Å². The highest BCUT2D eigenvalue weighted by molar-refractivity contribution is 7.98. The fraction of sp³-hybridized carbons (Fsp3) is 0.105. The number of aromatic nitrogens is 2. The van der Waals surface area contributed by atoms with Crippen LogP contribution in [0.3, 0.4) is 0 Å². The smallest absolute Gasteiger partial charge is 0.331 e. The molecule has 0 fully saturated rings. The Morgan fingerprint density at radius 1 is 1.11 bits per heavy atom. The molecule has 0 radical (unpaired) electrons. The molecule has 1 heterocycles. The fourth-order valence-corrected chi connectivity index (χ4v) is 2.78. The van der Waals surface area contributed by atoms with Crippen LogP contribution in [-0.2, 0) is 14.3 Å². The Kier molecular flexibility index (Phi) is 5.77. The van der Waals surface area contributed by atoms with E-state index in [1.54, 1.807) is 36.0 Å². The molecule has 1 amide bonds. The summed E-state index contributed by atoms with van der Waals surface area (Å²) in [6.07, 6.45) is 4.89. The number of anilines is 1.